The fourth-order valence-corrected chi connectivity index (χ4v) is 6.72. The molecule has 0 aromatic carbocycles. The maximum Gasteiger partial charge on any atom is 0.0812 e. The third-order valence-corrected chi connectivity index (χ3v) is 12.4. The number of unbranched alkanes of at least 4 members (excludes halogenated alkanes) is 4. The highest BCUT2D eigenvalue weighted by Crippen LogP contribution is 2.52. The smallest absolute Gasteiger partial charge is 0.0812 e. The Kier molecular flexibility index (Phi) is 6.00. The molecule has 2 atom stereocenters. The first-order valence-electron chi connectivity index (χ1n) is 9.71. The molecule has 1 nitrogen and oxygen atoms in total. The minimum atomic E-state index is -1.44. The van der Waals surface area contributed by atoms with Gasteiger partial charge >= 0.3 is 0 Å². The van der Waals surface area contributed by atoms with Crippen LogP contribution in [-0.4, -0.2) is 20.8 Å². The largest absolute Gasteiger partial charge is 0.373 e. The summed E-state index contributed by atoms with van der Waals surface area (Å²) in [6.07, 6.45) is 9.56. The lowest BCUT2D eigenvalue weighted by molar-refractivity contribution is 0.0877. The third-order valence-electron chi connectivity index (χ3n) is 6.65. The molecule has 0 saturated carbocycles. The van der Waals surface area contributed by atoms with E-state index in [0.717, 1.165) is 13.0 Å². The second kappa shape index (κ2) is 7.27. The van der Waals surface area contributed by atoms with Gasteiger partial charge in [0, 0.05) is 5.92 Å². The highest BCUT2D eigenvalue weighted by molar-refractivity contribution is 6.87. The standard InChI is InChI=1S/C21H38OSi/c1-8-9-10-11-12-13-18-20-16(2)14-19(17(20)15-22-18)23(6,7)21(3,4)5/h18,20H,2,8-15H2,1,3-7H3/t18-,20-/m1/s1. The van der Waals surface area contributed by atoms with E-state index in [1.807, 2.05) is 0 Å². The summed E-state index contributed by atoms with van der Waals surface area (Å²) >= 11 is 0. The molecule has 0 unspecified atom stereocenters. The van der Waals surface area contributed by atoms with E-state index < -0.39 is 8.07 Å². The molecular weight excluding hydrogens is 296 g/mol. The van der Waals surface area contributed by atoms with E-state index in [1.165, 1.54) is 44.1 Å². The topological polar surface area (TPSA) is 9.23 Å². The highest BCUT2D eigenvalue weighted by Gasteiger charge is 2.48. The van der Waals surface area contributed by atoms with E-state index in [-0.39, 0.29) is 0 Å². The van der Waals surface area contributed by atoms with Crippen LogP contribution < -0.4 is 0 Å². The molecule has 2 aliphatic rings. The maximum atomic E-state index is 6.24. The quantitative estimate of drug-likeness (QED) is 0.287. The predicted molar refractivity (Wildman–Crippen MR) is 105 cm³/mol. The van der Waals surface area contributed by atoms with Crippen LogP contribution in [0.15, 0.2) is 22.9 Å². The van der Waals surface area contributed by atoms with Gasteiger partial charge in [-0.15, -0.1) is 0 Å². The van der Waals surface area contributed by atoms with Gasteiger partial charge in [-0.1, -0.05) is 90.2 Å². The second-order valence-corrected chi connectivity index (χ2v) is 14.6. The summed E-state index contributed by atoms with van der Waals surface area (Å²) in [6.45, 7) is 20.0. The van der Waals surface area contributed by atoms with Crippen LogP contribution in [0.25, 0.3) is 0 Å². The average Bonchev–Trinajstić information content (AvgIpc) is 3.00. The van der Waals surface area contributed by atoms with Crippen LogP contribution in [0.4, 0.5) is 0 Å². The van der Waals surface area contributed by atoms with Gasteiger partial charge in [-0.3, -0.25) is 0 Å². The molecular formula is C21H38OSi. The summed E-state index contributed by atoms with van der Waals surface area (Å²) in [5.41, 5.74) is 3.08. The fourth-order valence-electron chi connectivity index (χ4n) is 4.12. The number of allylic oxidation sites excluding steroid dienone is 1. The Hall–Kier alpha value is -0.343. The van der Waals surface area contributed by atoms with E-state index in [0.29, 0.717) is 17.1 Å². The minimum Gasteiger partial charge on any atom is -0.373 e. The van der Waals surface area contributed by atoms with Crippen molar-refractivity contribution in [1.29, 1.82) is 0 Å². The molecule has 1 saturated heterocycles. The zero-order valence-corrected chi connectivity index (χ0v) is 17.4. The van der Waals surface area contributed by atoms with Crippen molar-refractivity contribution in [2.24, 2.45) is 5.92 Å². The van der Waals surface area contributed by atoms with Crippen molar-refractivity contribution < 1.29 is 4.74 Å². The molecule has 1 fully saturated rings. The monoisotopic (exact) mass is 334 g/mol. The molecule has 23 heavy (non-hydrogen) atoms. The van der Waals surface area contributed by atoms with Crippen LogP contribution in [0.1, 0.15) is 72.6 Å². The molecule has 1 aliphatic heterocycles. The number of fused-ring (bicyclic) bond motifs is 1. The molecule has 1 heterocycles. The fraction of sp³-hybridized carbons (Fsp3) is 0.810. The van der Waals surface area contributed by atoms with Crippen LogP contribution in [0.2, 0.25) is 18.1 Å². The molecule has 0 aromatic rings. The lowest BCUT2D eigenvalue weighted by atomic mass is 9.91. The molecule has 1 aliphatic carbocycles. The summed E-state index contributed by atoms with van der Waals surface area (Å²) in [5.74, 6) is 0.547. The van der Waals surface area contributed by atoms with Crippen LogP contribution in [-0.2, 0) is 4.74 Å². The van der Waals surface area contributed by atoms with Crippen molar-refractivity contribution in [1.82, 2.24) is 0 Å². The summed E-state index contributed by atoms with van der Waals surface area (Å²) in [7, 11) is -1.44. The Morgan fingerprint density at radius 3 is 2.39 bits per heavy atom. The molecule has 0 amide bonds. The molecule has 0 N–H and O–H groups in total. The zero-order valence-electron chi connectivity index (χ0n) is 16.4. The molecule has 2 heteroatoms. The lowest BCUT2D eigenvalue weighted by Gasteiger charge is -2.39. The second-order valence-electron chi connectivity index (χ2n) is 9.24. The first-order chi connectivity index (χ1) is 10.7. The molecule has 0 radical (unpaired) electrons. The Morgan fingerprint density at radius 2 is 1.78 bits per heavy atom. The number of rotatable bonds is 7. The van der Waals surface area contributed by atoms with E-state index in [9.17, 15) is 0 Å². The van der Waals surface area contributed by atoms with E-state index >= 15 is 0 Å². The summed E-state index contributed by atoms with van der Waals surface area (Å²) in [6, 6.07) is 0. The van der Waals surface area contributed by atoms with Gasteiger partial charge in [-0.05, 0) is 23.5 Å². The van der Waals surface area contributed by atoms with Crippen molar-refractivity contribution in [2.45, 2.75) is 96.9 Å². The van der Waals surface area contributed by atoms with E-state index in [4.69, 9.17) is 4.74 Å². The van der Waals surface area contributed by atoms with Gasteiger partial charge in [0.05, 0.1) is 20.8 Å². The number of hydrogen-bond donors (Lipinski definition) is 0. The Morgan fingerprint density at radius 1 is 1.13 bits per heavy atom. The summed E-state index contributed by atoms with van der Waals surface area (Å²) in [4.78, 5) is 0. The Labute approximate surface area is 145 Å². The van der Waals surface area contributed by atoms with Gasteiger partial charge in [-0.25, -0.2) is 0 Å². The first kappa shape index (κ1) is 19.0. The Balaban J connectivity index is 2.06. The van der Waals surface area contributed by atoms with Crippen LogP contribution >= 0.6 is 0 Å². The minimum absolute atomic E-state index is 0.405. The number of ether oxygens (including phenoxy) is 1. The van der Waals surface area contributed by atoms with Crippen LogP contribution in [0, 0.1) is 5.92 Å². The third kappa shape index (κ3) is 3.84. The molecule has 0 aromatic heterocycles. The first-order valence-corrected chi connectivity index (χ1v) is 12.7. The van der Waals surface area contributed by atoms with E-state index in [1.54, 1.807) is 10.8 Å². The molecule has 0 bridgehead atoms. The molecule has 2 rings (SSSR count). The van der Waals surface area contributed by atoms with Gasteiger partial charge in [0.25, 0.3) is 0 Å². The van der Waals surface area contributed by atoms with Gasteiger partial charge in [0.1, 0.15) is 0 Å². The van der Waals surface area contributed by atoms with Crippen molar-refractivity contribution in [3.05, 3.63) is 22.9 Å². The van der Waals surface area contributed by atoms with Gasteiger partial charge in [0.15, 0.2) is 0 Å². The SMILES string of the molecule is C=C1CC([Si](C)(C)C(C)(C)C)=C2CO[C@H](CCCCCCC)[C@H]12. The van der Waals surface area contributed by atoms with Crippen molar-refractivity contribution in [3.63, 3.8) is 0 Å². The summed E-state index contributed by atoms with van der Waals surface area (Å²) in [5, 5.41) is 2.16. The molecule has 0 spiro atoms. The highest BCUT2D eigenvalue weighted by atomic mass is 28.3. The normalized spacial score (nSPS) is 25.4. The van der Waals surface area contributed by atoms with E-state index in [2.05, 4.69) is 47.4 Å². The van der Waals surface area contributed by atoms with Gasteiger partial charge in [-0.2, -0.15) is 0 Å². The van der Waals surface area contributed by atoms with Gasteiger partial charge < -0.3 is 4.74 Å². The summed E-state index contributed by atoms with van der Waals surface area (Å²) < 4.78 is 6.24. The number of hydrogen-bond acceptors (Lipinski definition) is 1. The van der Waals surface area contributed by atoms with Crippen molar-refractivity contribution in [3.8, 4) is 0 Å². The maximum absolute atomic E-state index is 6.24. The van der Waals surface area contributed by atoms with Crippen molar-refractivity contribution in [2.75, 3.05) is 6.61 Å². The van der Waals surface area contributed by atoms with Gasteiger partial charge in [0.2, 0.25) is 0 Å². The average molecular weight is 335 g/mol. The van der Waals surface area contributed by atoms with Crippen LogP contribution in [0.3, 0.4) is 0 Å². The zero-order chi connectivity index (χ0) is 17.3. The Bertz CT molecular complexity index is 467. The van der Waals surface area contributed by atoms with Crippen LogP contribution in [0.5, 0.6) is 0 Å². The molecule has 132 valence electrons. The van der Waals surface area contributed by atoms with Crippen molar-refractivity contribution >= 4 is 8.07 Å². The predicted octanol–water partition coefficient (Wildman–Crippen LogP) is 6.67. The lowest BCUT2D eigenvalue weighted by Crippen LogP contribution is -2.40.